The van der Waals surface area contributed by atoms with Crippen molar-refractivity contribution < 1.29 is 4.74 Å². The molecule has 1 saturated carbocycles. The van der Waals surface area contributed by atoms with Crippen molar-refractivity contribution >= 4 is 0 Å². The Morgan fingerprint density at radius 2 is 2.18 bits per heavy atom. The SMILES string of the molecule is CCNC(CCC1CC1)C1CN(CC)CCO1. The molecule has 2 fully saturated rings. The number of hydrogen-bond acceptors (Lipinski definition) is 3. The largest absolute Gasteiger partial charge is 0.374 e. The molecular weight excluding hydrogens is 212 g/mol. The number of rotatable bonds is 7. The number of nitrogens with zero attached hydrogens (tertiary/aromatic N) is 1. The van der Waals surface area contributed by atoms with Gasteiger partial charge in [-0.15, -0.1) is 0 Å². The summed E-state index contributed by atoms with van der Waals surface area (Å²) in [4.78, 5) is 2.51. The molecule has 17 heavy (non-hydrogen) atoms. The summed E-state index contributed by atoms with van der Waals surface area (Å²) in [5.74, 6) is 1.03. The van der Waals surface area contributed by atoms with Crippen LogP contribution in [-0.2, 0) is 4.74 Å². The van der Waals surface area contributed by atoms with Crippen LogP contribution in [0.15, 0.2) is 0 Å². The van der Waals surface area contributed by atoms with Gasteiger partial charge in [0.25, 0.3) is 0 Å². The third kappa shape index (κ3) is 4.23. The van der Waals surface area contributed by atoms with E-state index in [1.165, 1.54) is 25.7 Å². The molecule has 0 aromatic carbocycles. The molecule has 1 heterocycles. The van der Waals surface area contributed by atoms with E-state index in [9.17, 15) is 0 Å². The first-order valence-electron chi connectivity index (χ1n) is 7.40. The molecule has 2 rings (SSSR count). The van der Waals surface area contributed by atoms with Gasteiger partial charge in [0.2, 0.25) is 0 Å². The van der Waals surface area contributed by atoms with Crippen LogP contribution in [0.25, 0.3) is 0 Å². The summed E-state index contributed by atoms with van der Waals surface area (Å²) < 4.78 is 5.97. The molecule has 0 aromatic heterocycles. The van der Waals surface area contributed by atoms with Crippen molar-refractivity contribution in [3.63, 3.8) is 0 Å². The zero-order valence-electron chi connectivity index (χ0n) is 11.5. The molecule has 0 amide bonds. The lowest BCUT2D eigenvalue weighted by atomic mass is 10.0. The fourth-order valence-electron chi connectivity index (χ4n) is 2.77. The lowest BCUT2D eigenvalue weighted by Crippen LogP contribution is -2.52. The molecule has 0 aromatic rings. The highest BCUT2D eigenvalue weighted by atomic mass is 16.5. The molecule has 2 unspecified atom stereocenters. The summed E-state index contributed by atoms with van der Waals surface area (Å²) in [5.41, 5.74) is 0. The average Bonchev–Trinajstić information content (AvgIpc) is 3.18. The van der Waals surface area contributed by atoms with Gasteiger partial charge in [-0.05, 0) is 31.8 Å². The van der Waals surface area contributed by atoms with Crippen molar-refractivity contribution in [2.24, 2.45) is 5.92 Å². The van der Waals surface area contributed by atoms with E-state index in [0.29, 0.717) is 12.1 Å². The second-order valence-corrected chi connectivity index (χ2v) is 5.49. The molecule has 2 atom stereocenters. The van der Waals surface area contributed by atoms with Gasteiger partial charge < -0.3 is 10.1 Å². The summed E-state index contributed by atoms with van der Waals surface area (Å²) in [7, 11) is 0. The maximum absolute atomic E-state index is 5.97. The van der Waals surface area contributed by atoms with E-state index in [0.717, 1.165) is 38.7 Å². The molecule has 3 heteroatoms. The Balaban J connectivity index is 1.79. The monoisotopic (exact) mass is 240 g/mol. The Morgan fingerprint density at radius 3 is 2.82 bits per heavy atom. The lowest BCUT2D eigenvalue weighted by Gasteiger charge is -2.37. The molecule has 0 bridgehead atoms. The van der Waals surface area contributed by atoms with Crippen LogP contribution in [-0.4, -0.2) is 49.8 Å². The summed E-state index contributed by atoms with van der Waals surface area (Å²) in [6, 6.07) is 0.565. The van der Waals surface area contributed by atoms with Crippen LogP contribution in [0.5, 0.6) is 0 Å². The third-order valence-electron chi connectivity index (χ3n) is 4.12. The van der Waals surface area contributed by atoms with Crippen LogP contribution < -0.4 is 5.32 Å². The standard InChI is InChI=1S/C14H28N2O/c1-3-15-13(8-7-12-5-6-12)14-11-16(4-2)9-10-17-14/h12-15H,3-11H2,1-2H3. The molecule has 3 nitrogen and oxygen atoms in total. The normalized spacial score (nSPS) is 28.2. The summed E-state index contributed by atoms with van der Waals surface area (Å²) >= 11 is 0. The topological polar surface area (TPSA) is 24.5 Å². The number of nitrogens with one attached hydrogen (secondary N) is 1. The first-order valence-corrected chi connectivity index (χ1v) is 7.40. The van der Waals surface area contributed by atoms with E-state index in [2.05, 4.69) is 24.1 Å². The Bertz CT molecular complexity index is 218. The highest BCUT2D eigenvalue weighted by molar-refractivity contribution is 4.85. The van der Waals surface area contributed by atoms with Gasteiger partial charge in [0.15, 0.2) is 0 Å². The first-order chi connectivity index (χ1) is 8.33. The van der Waals surface area contributed by atoms with Crippen LogP contribution in [0.4, 0.5) is 0 Å². The van der Waals surface area contributed by atoms with Gasteiger partial charge in [0.1, 0.15) is 0 Å². The van der Waals surface area contributed by atoms with Crippen molar-refractivity contribution in [3.8, 4) is 0 Å². The van der Waals surface area contributed by atoms with E-state index in [4.69, 9.17) is 4.74 Å². The Kier molecular flexibility index (Phi) is 5.26. The maximum Gasteiger partial charge on any atom is 0.0855 e. The summed E-state index contributed by atoms with van der Waals surface area (Å²) in [6.07, 6.45) is 6.02. The molecular formula is C14H28N2O. The van der Waals surface area contributed by atoms with Gasteiger partial charge >= 0.3 is 0 Å². The third-order valence-corrected chi connectivity index (χ3v) is 4.12. The van der Waals surface area contributed by atoms with Crippen LogP contribution >= 0.6 is 0 Å². The highest BCUT2D eigenvalue weighted by Gasteiger charge is 2.29. The molecule has 2 aliphatic rings. The lowest BCUT2D eigenvalue weighted by molar-refractivity contribution is -0.0463. The van der Waals surface area contributed by atoms with Crippen molar-refractivity contribution in [1.82, 2.24) is 10.2 Å². The van der Waals surface area contributed by atoms with E-state index < -0.39 is 0 Å². The van der Waals surface area contributed by atoms with Crippen LogP contribution in [0.1, 0.15) is 39.5 Å². The molecule has 0 radical (unpaired) electrons. The molecule has 1 aliphatic heterocycles. The molecule has 1 aliphatic carbocycles. The minimum Gasteiger partial charge on any atom is -0.374 e. The van der Waals surface area contributed by atoms with Crippen LogP contribution in [0.2, 0.25) is 0 Å². The quantitative estimate of drug-likeness (QED) is 0.735. The summed E-state index contributed by atoms with van der Waals surface area (Å²) in [6.45, 7) is 9.78. The smallest absolute Gasteiger partial charge is 0.0855 e. The van der Waals surface area contributed by atoms with E-state index in [-0.39, 0.29) is 0 Å². The van der Waals surface area contributed by atoms with E-state index >= 15 is 0 Å². The van der Waals surface area contributed by atoms with Gasteiger partial charge in [0, 0.05) is 19.1 Å². The van der Waals surface area contributed by atoms with Crippen molar-refractivity contribution in [1.29, 1.82) is 0 Å². The predicted molar refractivity (Wildman–Crippen MR) is 71.3 cm³/mol. The number of hydrogen-bond donors (Lipinski definition) is 1. The van der Waals surface area contributed by atoms with Gasteiger partial charge in [-0.3, -0.25) is 4.90 Å². The second-order valence-electron chi connectivity index (χ2n) is 5.49. The van der Waals surface area contributed by atoms with Crippen LogP contribution in [0.3, 0.4) is 0 Å². The van der Waals surface area contributed by atoms with E-state index in [1.54, 1.807) is 0 Å². The molecule has 100 valence electrons. The maximum atomic E-state index is 5.97. The predicted octanol–water partition coefficient (Wildman–Crippen LogP) is 1.88. The van der Waals surface area contributed by atoms with Crippen molar-refractivity contribution in [3.05, 3.63) is 0 Å². The van der Waals surface area contributed by atoms with E-state index in [1.807, 2.05) is 0 Å². The van der Waals surface area contributed by atoms with Gasteiger partial charge in [-0.1, -0.05) is 26.7 Å². The number of likely N-dealkylation sites (N-methyl/N-ethyl adjacent to an activating group) is 2. The summed E-state index contributed by atoms with van der Waals surface area (Å²) in [5, 5.41) is 3.63. The van der Waals surface area contributed by atoms with Crippen molar-refractivity contribution in [2.45, 2.75) is 51.7 Å². The minimum atomic E-state index is 0.405. The molecule has 1 N–H and O–H groups in total. The second kappa shape index (κ2) is 6.72. The zero-order chi connectivity index (χ0) is 12.1. The van der Waals surface area contributed by atoms with Gasteiger partial charge in [-0.2, -0.15) is 0 Å². The van der Waals surface area contributed by atoms with Gasteiger partial charge in [0.05, 0.1) is 12.7 Å². The first kappa shape index (κ1) is 13.3. The Labute approximate surface area is 106 Å². The molecule has 0 spiro atoms. The van der Waals surface area contributed by atoms with Crippen LogP contribution in [0, 0.1) is 5.92 Å². The van der Waals surface area contributed by atoms with Gasteiger partial charge in [-0.25, -0.2) is 0 Å². The molecule has 1 saturated heterocycles. The Hall–Kier alpha value is -0.120. The number of morpholine rings is 1. The highest BCUT2D eigenvalue weighted by Crippen LogP contribution is 2.34. The average molecular weight is 240 g/mol. The minimum absolute atomic E-state index is 0.405. The fraction of sp³-hybridized carbons (Fsp3) is 1.00. The zero-order valence-corrected chi connectivity index (χ0v) is 11.5. The Morgan fingerprint density at radius 1 is 1.35 bits per heavy atom. The van der Waals surface area contributed by atoms with Crippen molar-refractivity contribution in [2.75, 3.05) is 32.8 Å². The number of ether oxygens (including phenoxy) is 1. The fourth-order valence-corrected chi connectivity index (χ4v) is 2.77.